The molecule has 0 spiro atoms. The highest BCUT2D eigenvalue weighted by Crippen LogP contribution is 2.28. The minimum Gasteiger partial charge on any atom is -0.476 e. The third-order valence-electron chi connectivity index (χ3n) is 4.47. The predicted molar refractivity (Wildman–Crippen MR) is 101 cm³/mol. The Kier molecular flexibility index (Phi) is 10.2. The zero-order valence-electron chi connectivity index (χ0n) is 16.1. The normalized spacial score (nSPS) is 13.4. The summed E-state index contributed by atoms with van der Waals surface area (Å²) in [6.07, 6.45) is 9.91. The Morgan fingerprint density at radius 2 is 1.64 bits per heavy atom. The molecule has 0 aromatic heterocycles. The van der Waals surface area contributed by atoms with Gasteiger partial charge in [-0.2, -0.15) is 0 Å². The number of carbonyl (C=O) groups is 1. The Morgan fingerprint density at radius 1 is 1.00 bits per heavy atom. The van der Waals surface area contributed by atoms with Crippen LogP contribution >= 0.6 is 0 Å². The highest BCUT2D eigenvalue weighted by Gasteiger charge is 2.41. The molecular formula is C21H34O4. The average molecular weight is 350 g/mol. The number of carboxylic acid groups (broad SMARTS) is 1. The molecule has 25 heavy (non-hydrogen) atoms. The zero-order valence-corrected chi connectivity index (χ0v) is 16.1. The topological polar surface area (TPSA) is 55.8 Å². The maximum absolute atomic E-state index is 11.7. The van der Waals surface area contributed by atoms with E-state index in [4.69, 9.17) is 9.47 Å². The molecule has 0 radical (unpaired) electrons. The smallest absolute Gasteiger partial charge is 0.377 e. The second kappa shape index (κ2) is 11.9. The van der Waals surface area contributed by atoms with Crippen LogP contribution in [0.25, 0.3) is 0 Å². The third-order valence-corrected chi connectivity index (χ3v) is 4.47. The molecule has 1 rings (SSSR count). The highest BCUT2D eigenvalue weighted by molar-refractivity contribution is 5.76. The van der Waals surface area contributed by atoms with E-state index in [9.17, 15) is 9.90 Å². The van der Waals surface area contributed by atoms with E-state index in [1.54, 1.807) is 13.8 Å². The SMILES string of the molecule is CCCCCCCCCc1ccccc1OC(CC)(OCC)C(=O)O. The minimum absolute atomic E-state index is 0.252. The van der Waals surface area contributed by atoms with Gasteiger partial charge >= 0.3 is 11.8 Å². The number of rotatable bonds is 14. The van der Waals surface area contributed by atoms with Gasteiger partial charge in [-0.05, 0) is 31.4 Å². The van der Waals surface area contributed by atoms with Crippen molar-refractivity contribution in [2.75, 3.05) is 6.61 Å². The van der Waals surface area contributed by atoms with Crippen LogP contribution in [0.5, 0.6) is 5.75 Å². The first-order valence-corrected chi connectivity index (χ1v) is 9.73. The average Bonchev–Trinajstić information content (AvgIpc) is 2.61. The fourth-order valence-corrected chi connectivity index (χ4v) is 2.95. The molecule has 0 amide bonds. The number of aliphatic carboxylic acids is 1. The number of ether oxygens (including phenoxy) is 2. The minimum atomic E-state index is -1.61. The zero-order chi connectivity index (χ0) is 18.5. The van der Waals surface area contributed by atoms with Crippen molar-refractivity contribution in [3.05, 3.63) is 29.8 Å². The first-order chi connectivity index (χ1) is 12.1. The monoisotopic (exact) mass is 350 g/mol. The van der Waals surface area contributed by atoms with E-state index in [2.05, 4.69) is 6.92 Å². The summed E-state index contributed by atoms with van der Waals surface area (Å²) in [5, 5.41) is 9.57. The van der Waals surface area contributed by atoms with Gasteiger partial charge in [0.15, 0.2) is 0 Å². The third kappa shape index (κ3) is 7.07. The molecule has 0 aliphatic carbocycles. The van der Waals surface area contributed by atoms with Crippen molar-refractivity contribution in [1.29, 1.82) is 0 Å². The van der Waals surface area contributed by atoms with Crippen molar-refractivity contribution in [3.63, 3.8) is 0 Å². The summed E-state index contributed by atoms with van der Waals surface area (Å²) in [4.78, 5) is 11.7. The van der Waals surface area contributed by atoms with Gasteiger partial charge in [-0.3, -0.25) is 0 Å². The van der Waals surface area contributed by atoms with Gasteiger partial charge in [0.05, 0.1) is 0 Å². The number of hydrogen-bond donors (Lipinski definition) is 1. The molecule has 0 aliphatic heterocycles. The van der Waals surface area contributed by atoms with Gasteiger partial charge in [-0.25, -0.2) is 4.79 Å². The molecular weight excluding hydrogens is 316 g/mol. The van der Waals surface area contributed by atoms with E-state index in [0.717, 1.165) is 18.4 Å². The lowest BCUT2D eigenvalue weighted by Crippen LogP contribution is -2.47. The number of hydrogen-bond acceptors (Lipinski definition) is 3. The lowest BCUT2D eigenvalue weighted by Gasteiger charge is -2.29. The van der Waals surface area contributed by atoms with E-state index >= 15 is 0 Å². The summed E-state index contributed by atoms with van der Waals surface area (Å²) < 4.78 is 11.3. The maximum atomic E-state index is 11.7. The summed E-state index contributed by atoms with van der Waals surface area (Å²) in [7, 11) is 0. The van der Waals surface area contributed by atoms with Gasteiger partial charge in [-0.15, -0.1) is 0 Å². The van der Waals surface area contributed by atoms with Crippen molar-refractivity contribution in [1.82, 2.24) is 0 Å². The largest absolute Gasteiger partial charge is 0.476 e. The van der Waals surface area contributed by atoms with E-state index < -0.39 is 11.8 Å². The molecule has 1 unspecified atom stereocenters. The molecule has 4 nitrogen and oxygen atoms in total. The molecule has 0 saturated carbocycles. The molecule has 1 atom stereocenters. The van der Waals surface area contributed by atoms with E-state index in [0.29, 0.717) is 12.4 Å². The molecule has 142 valence electrons. The van der Waals surface area contributed by atoms with Crippen LogP contribution in [0.15, 0.2) is 24.3 Å². The van der Waals surface area contributed by atoms with Crippen molar-refractivity contribution < 1.29 is 19.4 Å². The Labute approximate surface area is 152 Å². The van der Waals surface area contributed by atoms with Crippen LogP contribution in [0, 0.1) is 0 Å². The number of unbranched alkanes of at least 4 members (excludes halogenated alkanes) is 6. The van der Waals surface area contributed by atoms with Gasteiger partial charge in [0.25, 0.3) is 0 Å². The summed E-state index contributed by atoms with van der Waals surface area (Å²) in [5.41, 5.74) is 1.05. The number of aryl methyl sites for hydroxylation is 1. The summed E-state index contributed by atoms with van der Waals surface area (Å²) >= 11 is 0. The van der Waals surface area contributed by atoms with Crippen molar-refractivity contribution in [2.24, 2.45) is 0 Å². The fraction of sp³-hybridized carbons (Fsp3) is 0.667. The lowest BCUT2D eigenvalue weighted by atomic mass is 10.0. The molecule has 0 heterocycles. The van der Waals surface area contributed by atoms with Crippen LogP contribution in [0.4, 0.5) is 0 Å². The first kappa shape index (κ1) is 21.5. The number of carboxylic acids is 1. The van der Waals surface area contributed by atoms with Crippen LogP contribution < -0.4 is 4.74 Å². The second-order valence-electron chi connectivity index (χ2n) is 6.43. The van der Waals surface area contributed by atoms with Gasteiger partial charge in [0.1, 0.15) is 5.75 Å². The fourth-order valence-electron chi connectivity index (χ4n) is 2.95. The summed E-state index contributed by atoms with van der Waals surface area (Å²) in [6, 6.07) is 7.69. The molecule has 0 saturated heterocycles. The number of para-hydroxylation sites is 1. The van der Waals surface area contributed by atoms with Crippen LogP contribution in [0.1, 0.15) is 77.7 Å². The van der Waals surface area contributed by atoms with E-state index in [1.807, 2.05) is 24.3 Å². The quantitative estimate of drug-likeness (QED) is 0.351. The molecule has 0 bridgehead atoms. The van der Waals surface area contributed by atoms with Gasteiger partial charge in [0.2, 0.25) is 0 Å². The van der Waals surface area contributed by atoms with Gasteiger partial charge < -0.3 is 14.6 Å². The first-order valence-electron chi connectivity index (χ1n) is 9.73. The van der Waals surface area contributed by atoms with Crippen molar-refractivity contribution >= 4 is 5.97 Å². The molecule has 0 fully saturated rings. The Hall–Kier alpha value is -1.55. The van der Waals surface area contributed by atoms with E-state index in [1.165, 1.54) is 38.5 Å². The van der Waals surface area contributed by atoms with E-state index in [-0.39, 0.29) is 6.42 Å². The Balaban J connectivity index is 2.64. The lowest BCUT2D eigenvalue weighted by molar-refractivity contribution is -0.212. The van der Waals surface area contributed by atoms with Gasteiger partial charge in [0, 0.05) is 13.0 Å². The van der Waals surface area contributed by atoms with Crippen LogP contribution in [-0.2, 0) is 16.0 Å². The standard InChI is InChI=1S/C21H34O4/c1-4-7-8-9-10-11-12-15-18-16-13-14-17-19(18)25-21(5-2,20(22)23)24-6-3/h13-14,16-17H,4-12,15H2,1-3H3,(H,22,23). The summed E-state index contributed by atoms with van der Waals surface area (Å²) in [6.45, 7) is 6.07. The van der Waals surface area contributed by atoms with Crippen molar-refractivity contribution in [3.8, 4) is 5.75 Å². The molecule has 0 aliphatic rings. The summed E-state index contributed by atoms with van der Waals surface area (Å²) in [5.74, 6) is -2.07. The number of benzene rings is 1. The van der Waals surface area contributed by atoms with Crippen LogP contribution in [0.3, 0.4) is 0 Å². The second-order valence-corrected chi connectivity index (χ2v) is 6.43. The van der Waals surface area contributed by atoms with Crippen LogP contribution in [-0.4, -0.2) is 23.5 Å². The van der Waals surface area contributed by atoms with Crippen LogP contribution in [0.2, 0.25) is 0 Å². The maximum Gasteiger partial charge on any atom is 0.377 e. The molecule has 4 heteroatoms. The Bertz CT molecular complexity index is 500. The Morgan fingerprint density at radius 3 is 2.24 bits per heavy atom. The molecule has 1 N–H and O–H groups in total. The molecule has 1 aromatic carbocycles. The highest BCUT2D eigenvalue weighted by atomic mass is 16.7. The van der Waals surface area contributed by atoms with Crippen molar-refractivity contribution in [2.45, 2.75) is 84.3 Å². The molecule has 1 aromatic rings. The van der Waals surface area contributed by atoms with Gasteiger partial charge in [-0.1, -0.05) is 70.6 Å². The predicted octanol–water partition coefficient (Wildman–Crippen LogP) is 5.59.